The summed E-state index contributed by atoms with van der Waals surface area (Å²) < 4.78 is 10.9. The topological polar surface area (TPSA) is 48.4 Å². The highest BCUT2D eigenvalue weighted by molar-refractivity contribution is 5.96. The van der Waals surface area contributed by atoms with Crippen LogP contribution in [0.2, 0.25) is 0 Å². The van der Waals surface area contributed by atoms with Crippen molar-refractivity contribution >= 4 is 5.78 Å². The van der Waals surface area contributed by atoms with Crippen molar-refractivity contribution < 1.29 is 14.3 Å². The first-order chi connectivity index (χ1) is 10.2. The third kappa shape index (κ3) is 4.60. The van der Waals surface area contributed by atoms with Crippen LogP contribution in [0.5, 0.6) is 11.5 Å². The summed E-state index contributed by atoms with van der Waals surface area (Å²) >= 11 is 0. The number of nitrogens with zero attached hydrogens (tertiary/aromatic N) is 1. The molecule has 0 bridgehead atoms. The van der Waals surface area contributed by atoms with Gasteiger partial charge < -0.3 is 9.47 Å². The molecule has 0 fully saturated rings. The van der Waals surface area contributed by atoms with E-state index in [1.54, 1.807) is 18.5 Å². The summed E-state index contributed by atoms with van der Waals surface area (Å²) in [6.45, 7) is 4.80. The Bertz CT molecular complexity index is 610. The van der Waals surface area contributed by atoms with Gasteiger partial charge in [-0.3, -0.25) is 9.78 Å². The van der Waals surface area contributed by atoms with Gasteiger partial charge in [0.2, 0.25) is 0 Å². The average Bonchev–Trinajstić information content (AvgIpc) is 2.48. The Morgan fingerprint density at radius 2 is 2.00 bits per heavy atom. The van der Waals surface area contributed by atoms with Gasteiger partial charge in [-0.1, -0.05) is 12.1 Å². The number of carbonyl (C=O) groups excluding carboxylic acids is 1. The number of aryl methyl sites for hydroxylation is 1. The molecule has 2 rings (SSSR count). The molecular weight excluding hydrogens is 266 g/mol. The van der Waals surface area contributed by atoms with E-state index >= 15 is 0 Å². The van der Waals surface area contributed by atoms with Crippen LogP contribution in [0, 0.1) is 6.92 Å². The Kier molecular flexibility index (Phi) is 5.32. The molecule has 2 aromatic rings. The van der Waals surface area contributed by atoms with Gasteiger partial charge in [0.1, 0.15) is 11.5 Å². The molecule has 0 atom stereocenters. The van der Waals surface area contributed by atoms with Crippen molar-refractivity contribution in [2.45, 2.75) is 20.3 Å². The standard InChI is InChI=1S/C17H19NO3/c1-3-20-16-10-14(11-18-12-16)17(19)7-8-21-15-6-4-5-13(2)9-15/h4-6,9-12H,3,7-8H2,1-2H3. The number of aromatic nitrogens is 1. The van der Waals surface area contributed by atoms with E-state index in [0.717, 1.165) is 11.3 Å². The number of benzene rings is 1. The van der Waals surface area contributed by atoms with E-state index in [0.29, 0.717) is 30.9 Å². The number of rotatable bonds is 7. The Labute approximate surface area is 124 Å². The van der Waals surface area contributed by atoms with E-state index in [2.05, 4.69) is 4.98 Å². The van der Waals surface area contributed by atoms with Gasteiger partial charge in [-0.05, 0) is 37.6 Å². The lowest BCUT2D eigenvalue weighted by Gasteiger charge is -2.07. The van der Waals surface area contributed by atoms with Crippen LogP contribution >= 0.6 is 0 Å². The Morgan fingerprint density at radius 3 is 2.76 bits per heavy atom. The van der Waals surface area contributed by atoms with E-state index in [1.165, 1.54) is 0 Å². The van der Waals surface area contributed by atoms with Crippen molar-refractivity contribution in [1.82, 2.24) is 4.98 Å². The Balaban J connectivity index is 1.88. The number of ketones is 1. The van der Waals surface area contributed by atoms with Gasteiger partial charge in [-0.2, -0.15) is 0 Å². The quantitative estimate of drug-likeness (QED) is 0.731. The van der Waals surface area contributed by atoms with Crippen molar-refractivity contribution in [1.29, 1.82) is 0 Å². The molecule has 0 saturated heterocycles. The molecule has 0 amide bonds. The Morgan fingerprint density at radius 1 is 1.14 bits per heavy atom. The van der Waals surface area contributed by atoms with Gasteiger partial charge >= 0.3 is 0 Å². The lowest BCUT2D eigenvalue weighted by Crippen LogP contribution is -2.07. The first-order valence-corrected chi connectivity index (χ1v) is 6.99. The molecule has 1 aromatic heterocycles. The summed E-state index contributed by atoms with van der Waals surface area (Å²) in [5.41, 5.74) is 1.68. The lowest BCUT2D eigenvalue weighted by molar-refractivity contribution is 0.0961. The molecule has 0 aliphatic heterocycles. The highest BCUT2D eigenvalue weighted by Gasteiger charge is 2.08. The number of hydrogen-bond acceptors (Lipinski definition) is 4. The average molecular weight is 285 g/mol. The first kappa shape index (κ1) is 15.0. The monoisotopic (exact) mass is 285 g/mol. The summed E-state index contributed by atoms with van der Waals surface area (Å²) in [6.07, 6.45) is 3.46. The number of carbonyl (C=O) groups is 1. The molecule has 21 heavy (non-hydrogen) atoms. The second-order valence-corrected chi connectivity index (χ2v) is 4.68. The molecule has 0 N–H and O–H groups in total. The van der Waals surface area contributed by atoms with Gasteiger partial charge in [-0.15, -0.1) is 0 Å². The fourth-order valence-electron chi connectivity index (χ4n) is 1.93. The number of ether oxygens (including phenoxy) is 2. The minimum absolute atomic E-state index is 0.00305. The summed E-state index contributed by atoms with van der Waals surface area (Å²) in [5.74, 6) is 1.39. The molecule has 0 radical (unpaired) electrons. The molecular formula is C17H19NO3. The van der Waals surface area contributed by atoms with E-state index in [4.69, 9.17) is 9.47 Å². The molecule has 1 heterocycles. The van der Waals surface area contributed by atoms with Crippen molar-refractivity contribution in [3.05, 3.63) is 53.9 Å². The second-order valence-electron chi connectivity index (χ2n) is 4.68. The normalized spacial score (nSPS) is 10.2. The summed E-state index contributed by atoms with van der Waals surface area (Å²) in [7, 11) is 0. The maximum absolute atomic E-state index is 12.1. The fraction of sp³-hybridized carbons (Fsp3) is 0.294. The zero-order valence-electron chi connectivity index (χ0n) is 12.3. The third-order valence-electron chi connectivity index (χ3n) is 2.93. The van der Waals surface area contributed by atoms with Crippen LogP contribution in [-0.2, 0) is 0 Å². The molecule has 4 heteroatoms. The molecule has 0 aliphatic rings. The van der Waals surface area contributed by atoms with Crippen LogP contribution in [0.25, 0.3) is 0 Å². The van der Waals surface area contributed by atoms with Gasteiger partial charge in [0.15, 0.2) is 5.78 Å². The largest absolute Gasteiger partial charge is 0.493 e. The molecule has 0 aliphatic carbocycles. The fourth-order valence-corrected chi connectivity index (χ4v) is 1.93. The molecule has 0 spiro atoms. The van der Waals surface area contributed by atoms with Crippen molar-refractivity contribution in [2.75, 3.05) is 13.2 Å². The predicted molar refractivity (Wildman–Crippen MR) is 81.0 cm³/mol. The molecule has 110 valence electrons. The van der Waals surface area contributed by atoms with Crippen LogP contribution in [0.4, 0.5) is 0 Å². The van der Waals surface area contributed by atoms with E-state index in [9.17, 15) is 4.79 Å². The lowest BCUT2D eigenvalue weighted by atomic mass is 10.1. The second kappa shape index (κ2) is 7.43. The number of hydrogen-bond donors (Lipinski definition) is 0. The minimum atomic E-state index is -0.00305. The van der Waals surface area contributed by atoms with Crippen molar-refractivity contribution in [3.8, 4) is 11.5 Å². The summed E-state index contributed by atoms with van der Waals surface area (Å²) in [5, 5.41) is 0. The van der Waals surface area contributed by atoms with E-state index in [-0.39, 0.29) is 5.78 Å². The first-order valence-electron chi connectivity index (χ1n) is 6.99. The van der Waals surface area contributed by atoms with Crippen LogP contribution in [-0.4, -0.2) is 24.0 Å². The predicted octanol–water partition coefficient (Wildman–Crippen LogP) is 3.44. The van der Waals surface area contributed by atoms with Crippen LogP contribution < -0.4 is 9.47 Å². The van der Waals surface area contributed by atoms with Gasteiger partial charge in [0.25, 0.3) is 0 Å². The molecule has 0 unspecified atom stereocenters. The van der Waals surface area contributed by atoms with Gasteiger partial charge in [0, 0.05) is 18.2 Å². The Hall–Kier alpha value is -2.36. The van der Waals surface area contributed by atoms with Crippen LogP contribution in [0.1, 0.15) is 29.3 Å². The molecule has 0 saturated carbocycles. The third-order valence-corrected chi connectivity index (χ3v) is 2.93. The minimum Gasteiger partial charge on any atom is -0.493 e. The van der Waals surface area contributed by atoms with E-state index in [1.807, 2.05) is 38.1 Å². The highest BCUT2D eigenvalue weighted by Crippen LogP contribution is 2.15. The summed E-state index contributed by atoms with van der Waals surface area (Å²) in [4.78, 5) is 16.1. The zero-order chi connectivity index (χ0) is 15.1. The highest BCUT2D eigenvalue weighted by atomic mass is 16.5. The SMILES string of the molecule is CCOc1cncc(C(=O)CCOc2cccc(C)c2)c1. The molecule has 1 aromatic carbocycles. The van der Waals surface area contributed by atoms with Crippen molar-refractivity contribution in [3.63, 3.8) is 0 Å². The number of pyridine rings is 1. The van der Waals surface area contributed by atoms with Gasteiger partial charge in [0.05, 0.1) is 19.4 Å². The zero-order valence-corrected chi connectivity index (χ0v) is 12.3. The molecule has 4 nitrogen and oxygen atoms in total. The van der Waals surface area contributed by atoms with Crippen molar-refractivity contribution in [2.24, 2.45) is 0 Å². The van der Waals surface area contributed by atoms with Crippen LogP contribution in [0.3, 0.4) is 0 Å². The smallest absolute Gasteiger partial charge is 0.167 e. The van der Waals surface area contributed by atoms with Gasteiger partial charge in [-0.25, -0.2) is 0 Å². The summed E-state index contributed by atoms with van der Waals surface area (Å²) in [6, 6.07) is 9.48. The maximum Gasteiger partial charge on any atom is 0.167 e. The van der Waals surface area contributed by atoms with E-state index < -0.39 is 0 Å². The van der Waals surface area contributed by atoms with Crippen LogP contribution in [0.15, 0.2) is 42.7 Å². The maximum atomic E-state index is 12.1. The number of Topliss-reactive ketones (excluding diaryl/α,β-unsaturated/α-hetero) is 1.